The topological polar surface area (TPSA) is 189 Å². The highest BCUT2D eigenvalue weighted by Crippen LogP contribution is 2.11. The number of nitrogens with one attached hydrogen (secondary N) is 4. The molecule has 0 spiro atoms. The lowest BCUT2D eigenvalue weighted by molar-refractivity contribution is -0.138. The number of hydrogen-bond donors (Lipinski definition) is 5. The van der Waals surface area contributed by atoms with Gasteiger partial charge in [0.2, 0.25) is 17.7 Å². The van der Waals surface area contributed by atoms with Crippen LogP contribution < -0.4 is 27.0 Å². The third-order valence-corrected chi connectivity index (χ3v) is 6.02. The number of amides is 7. The maximum Gasteiger partial charge on any atom is 0.312 e. The van der Waals surface area contributed by atoms with Crippen LogP contribution in [0.4, 0.5) is 10.5 Å². The maximum absolute atomic E-state index is 13.2. The van der Waals surface area contributed by atoms with Gasteiger partial charge in [-0.05, 0) is 37.8 Å². The average molecular weight is 559 g/mol. The molecule has 40 heavy (non-hydrogen) atoms. The fraction of sp³-hybridized carbons (Fsp3) is 0.481. The minimum atomic E-state index is -0.935. The van der Waals surface area contributed by atoms with Gasteiger partial charge in [-0.3, -0.25) is 28.9 Å². The minimum absolute atomic E-state index is 0.0242. The van der Waals surface area contributed by atoms with Gasteiger partial charge in [0, 0.05) is 30.8 Å². The van der Waals surface area contributed by atoms with Gasteiger partial charge in [0.05, 0.1) is 19.8 Å². The van der Waals surface area contributed by atoms with Gasteiger partial charge in [0.25, 0.3) is 11.8 Å². The van der Waals surface area contributed by atoms with Crippen molar-refractivity contribution in [3.05, 3.63) is 42.0 Å². The van der Waals surface area contributed by atoms with Crippen molar-refractivity contribution in [3.8, 4) is 0 Å². The lowest BCUT2D eigenvalue weighted by atomic mass is 10.0. The van der Waals surface area contributed by atoms with Crippen molar-refractivity contribution in [3.63, 3.8) is 0 Å². The second-order valence-electron chi connectivity index (χ2n) is 9.66. The van der Waals surface area contributed by atoms with Gasteiger partial charge >= 0.3 is 6.03 Å². The first-order chi connectivity index (χ1) is 19.0. The van der Waals surface area contributed by atoms with Crippen molar-refractivity contribution in [1.29, 1.82) is 0 Å². The standard InChI is InChI=1S/C27H38N6O7/c1-17(2)24(32-21(34)12-15-40-16-14-33-22(35)10-11-23(33)36)26(38)31-20(5-4-13-29-27(28)39)25(37)30-19-8-6-18(3)7-9-19/h6-11,17,20,24H,4-5,12-16H2,1-3H3,(H,30,37)(H,31,38)(H,32,34)(H3,28,29,39). The number of aryl methyl sites for hydroxylation is 1. The Morgan fingerprint density at radius 1 is 0.950 bits per heavy atom. The van der Waals surface area contributed by atoms with Crippen LogP contribution in [0.1, 0.15) is 38.7 Å². The maximum atomic E-state index is 13.2. The summed E-state index contributed by atoms with van der Waals surface area (Å²) in [6.45, 7) is 5.84. The number of nitrogens with zero attached hydrogens (tertiary/aromatic N) is 1. The molecule has 1 aliphatic heterocycles. The summed E-state index contributed by atoms with van der Waals surface area (Å²) in [5.41, 5.74) is 6.68. The molecule has 0 radical (unpaired) electrons. The molecule has 2 unspecified atom stereocenters. The number of carbonyl (C=O) groups excluding carboxylic acids is 6. The van der Waals surface area contributed by atoms with Crippen molar-refractivity contribution >= 4 is 41.3 Å². The number of primary amides is 1. The Balaban J connectivity index is 1.90. The van der Waals surface area contributed by atoms with Crippen LogP contribution in [0.2, 0.25) is 0 Å². The monoisotopic (exact) mass is 558 g/mol. The summed E-state index contributed by atoms with van der Waals surface area (Å²) in [4.78, 5) is 73.8. The largest absolute Gasteiger partial charge is 0.379 e. The molecular weight excluding hydrogens is 520 g/mol. The van der Waals surface area contributed by atoms with Crippen molar-refractivity contribution in [2.24, 2.45) is 11.7 Å². The molecule has 7 amide bonds. The third-order valence-electron chi connectivity index (χ3n) is 6.02. The van der Waals surface area contributed by atoms with Crippen LogP contribution in [0.15, 0.2) is 36.4 Å². The van der Waals surface area contributed by atoms with Gasteiger partial charge in [-0.15, -0.1) is 0 Å². The summed E-state index contributed by atoms with van der Waals surface area (Å²) in [6, 6.07) is 4.64. The Morgan fingerprint density at radius 3 is 2.20 bits per heavy atom. The van der Waals surface area contributed by atoms with Gasteiger partial charge in [0.15, 0.2) is 0 Å². The zero-order valence-electron chi connectivity index (χ0n) is 23.0. The molecule has 1 heterocycles. The summed E-state index contributed by atoms with van der Waals surface area (Å²) < 4.78 is 5.37. The zero-order chi connectivity index (χ0) is 29.7. The molecule has 0 saturated carbocycles. The smallest absolute Gasteiger partial charge is 0.312 e. The molecule has 0 bridgehead atoms. The Labute approximate surface area is 233 Å². The Hall–Kier alpha value is -4.26. The van der Waals surface area contributed by atoms with E-state index in [1.165, 1.54) is 12.2 Å². The zero-order valence-corrected chi connectivity index (χ0v) is 23.0. The average Bonchev–Trinajstić information content (AvgIpc) is 3.21. The number of nitrogens with two attached hydrogens (primary N) is 1. The highest BCUT2D eigenvalue weighted by molar-refractivity contribution is 6.12. The molecule has 1 aromatic rings. The molecule has 6 N–H and O–H groups in total. The second-order valence-corrected chi connectivity index (χ2v) is 9.66. The SMILES string of the molecule is Cc1ccc(NC(=O)C(CCCNC(N)=O)NC(=O)C(NC(=O)CCOCCN2C(=O)C=CC2=O)C(C)C)cc1. The van der Waals surface area contributed by atoms with E-state index < -0.39 is 47.7 Å². The van der Waals surface area contributed by atoms with Crippen LogP contribution in [-0.4, -0.2) is 78.9 Å². The van der Waals surface area contributed by atoms with Crippen LogP contribution in [0, 0.1) is 12.8 Å². The molecule has 218 valence electrons. The summed E-state index contributed by atoms with van der Waals surface area (Å²) in [5.74, 6) is -2.52. The van der Waals surface area contributed by atoms with Gasteiger partial charge in [0.1, 0.15) is 12.1 Å². The summed E-state index contributed by atoms with van der Waals surface area (Å²) in [7, 11) is 0. The number of benzene rings is 1. The molecule has 0 saturated heterocycles. The number of imide groups is 1. The number of anilines is 1. The van der Waals surface area contributed by atoms with E-state index in [-0.39, 0.29) is 45.1 Å². The molecule has 1 aliphatic rings. The number of rotatable bonds is 16. The second kappa shape index (κ2) is 16.0. The predicted molar refractivity (Wildman–Crippen MR) is 147 cm³/mol. The Bertz CT molecular complexity index is 1090. The molecule has 2 atom stereocenters. The number of carbonyl (C=O) groups is 6. The molecule has 0 aliphatic carbocycles. The van der Waals surface area contributed by atoms with E-state index in [1.54, 1.807) is 26.0 Å². The normalized spacial score (nSPS) is 14.2. The third kappa shape index (κ3) is 10.8. The first kappa shape index (κ1) is 32.0. The van der Waals surface area contributed by atoms with E-state index in [9.17, 15) is 28.8 Å². The lowest BCUT2D eigenvalue weighted by Crippen LogP contribution is -2.54. The first-order valence-corrected chi connectivity index (χ1v) is 13.1. The van der Waals surface area contributed by atoms with Crippen molar-refractivity contribution in [1.82, 2.24) is 20.9 Å². The van der Waals surface area contributed by atoms with Crippen LogP contribution >= 0.6 is 0 Å². The first-order valence-electron chi connectivity index (χ1n) is 13.1. The summed E-state index contributed by atoms with van der Waals surface area (Å²) >= 11 is 0. The molecule has 2 rings (SSSR count). The minimum Gasteiger partial charge on any atom is -0.379 e. The predicted octanol–water partition coefficient (Wildman–Crippen LogP) is 0.339. The quantitative estimate of drug-likeness (QED) is 0.143. The van der Waals surface area contributed by atoms with Crippen LogP contribution in [0.25, 0.3) is 0 Å². The number of hydrogen-bond acceptors (Lipinski definition) is 7. The van der Waals surface area contributed by atoms with Crippen molar-refractivity contribution in [2.75, 3.05) is 31.6 Å². The molecule has 0 aromatic heterocycles. The fourth-order valence-electron chi connectivity index (χ4n) is 3.77. The van der Waals surface area contributed by atoms with Crippen LogP contribution in [-0.2, 0) is 28.7 Å². The van der Waals surface area contributed by atoms with Crippen LogP contribution in [0.5, 0.6) is 0 Å². The van der Waals surface area contributed by atoms with Gasteiger partial charge < -0.3 is 31.7 Å². The summed E-state index contributed by atoms with van der Waals surface area (Å²) in [5, 5.41) is 10.6. The van der Waals surface area contributed by atoms with E-state index in [2.05, 4.69) is 21.3 Å². The highest BCUT2D eigenvalue weighted by Gasteiger charge is 2.29. The highest BCUT2D eigenvalue weighted by atomic mass is 16.5. The van der Waals surface area contributed by atoms with Gasteiger partial charge in [-0.25, -0.2) is 4.79 Å². The molecule has 13 heteroatoms. The van der Waals surface area contributed by atoms with E-state index >= 15 is 0 Å². The van der Waals surface area contributed by atoms with Gasteiger partial charge in [-0.2, -0.15) is 0 Å². The lowest BCUT2D eigenvalue weighted by Gasteiger charge is -2.25. The van der Waals surface area contributed by atoms with E-state index in [4.69, 9.17) is 10.5 Å². The van der Waals surface area contributed by atoms with Crippen LogP contribution in [0.3, 0.4) is 0 Å². The number of ether oxygens (including phenoxy) is 1. The molecule has 13 nitrogen and oxygen atoms in total. The molecular formula is C27H38N6O7. The Morgan fingerprint density at radius 2 is 1.60 bits per heavy atom. The van der Waals surface area contributed by atoms with E-state index in [0.717, 1.165) is 10.5 Å². The van der Waals surface area contributed by atoms with E-state index in [1.807, 2.05) is 19.1 Å². The Kier molecular flexibility index (Phi) is 12.8. The van der Waals surface area contributed by atoms with Gasteiger partial charge in [-0.1, -0.05) is 31.5 Å². The van der Waals surface area contributed by atoms with Crippen molar-refractivity contribution < 1.29 is 33.5 Å². The fourth-order valence-corrected chi connectivity index (χ4v) is 3.77. The number of urea groups is 1. The van der Waals surface area contributed by atoms with E-state index in [0.29, 0.717) is 12.1 Å². The molecule has 0 fully saturated rings. The molecule has 1 aromatic carbocycles. The van der Waals surface area contributed by atoms with Crippen molar-refractivity contribution in [2.45, 2.75) is 52.1 Å². The summed E-state index contributed by atoms with van der Waals surface area (Å²) in [6.07, 6.45) is 2.90.